The first-order valence-electron chi connectivity index (χ1n) is 10.2. The smallest absolute Gasteiger partial charge is 0.406 e. The second-order valence-electron chi connectivity index (χ2n) is 7.98. The van der Waals surface area contributed by atoms with Gasteiger partial charge < -0.3 is 15.4 Å². The van der Waals surface area contributed by atoms with Crippen molar-refractivity contribution in [1.29, 1.82) is 0 Å². The Morgan fingerprint density at radius 3 is 2.35 bits per heavy atom. The zero-order valence-electron chi connectivity index (χ0n) is 17.6. The van der Waals surface area contributed by atoms with Crippen molar-refractivity contribution in [2.45, 2.75) is 49.1 Å². The molecule has 1 aromatic rings. The van der Waals surface area contributed by atoms with Crippen LogP contribution < -0.4 is 15.9 Å². The van der Waals surface area contributed by atoms with E-state index in [0.29, 0.717) is 29.8 Å². The number of halogens is 5. The molecule has 3 rings (SSSR count). The first kappa shape index (κ1) is 25.5. The van der Waals surface area contributed by atoms with E-state index in [1.54, 1.807) is 0 Å². The summed E-state index contributed by atoms with van der Waals surface area (Å²) in [5.41, 5.74) is 4.08. The van der Waals surface area contributed by atoms with Gasteiger partial charge in [-0.3, -0.25) is 24.6 Å². The van der Waals surface area contributed by atoms with Crippen LogP contribution in [0, 0.1) is 0 Å². The summed E-state index contributed by atoms with van der Waals surface area (Å²) in [6.45, 7) is -0.604. The molecule has 1 aromatic carbocycles. The Morgan fingerprint density at radius 1 is 1.24 bits per heavy atom. The summed E-state index contributed by atoms with van der Waals surface area (Å²) in [4.78, 5) is 50.5. The highest BCUT2D eigenvalue weighted by molar-refractivity contribution is 6.29. The minimum Gasteiger partial charge on any atom is -0.406 e. The number of likely N-dealkylation sites (tertiary alicyclic amines) is 1. The van der Waals surface area contributed by atoms with Crippen molar-refractivity contribution in [2.75, 3.05) is 13.1 Å². The van der Waals surface area contributed by atoms with Gasteiger partial charge in [-0.2, -0.15) is 0 Å². The van der Waals surface area contributed by atoms with Crippen LogP contribution in [-0.2, 0) is 24.6 Å². The van der Waals surface area contributed by atoms with E-state index in [0.717, 1.165) is 12.1 Å². The quantitative estimate of drug-likeness (QED) is 0.328. The van der Waals surface area contributed by atoms with Gasteiger partial charge in [-0.15, -0.1) is 13.2 Å². The number of carbonyl (C=O) groups excluding carboxylic acids is 4. The Bertz CT molecular complexity index is 969. The maximum atomic E-state index is 13.4. The summed E-state index contributed by atoms with van der Waals surface area (Å²) in [6.07, 6.45) is -3.29. The average molecular weight is 509 g/mol. The van der Waals surface area contributed by atoms with Gasteiger partial charge in [0.25, 0.3) is 17.4 Å². The van der Waals surface area contributed by atoms with Crippen molar-refractivity contribution in [2.24, 2.45) is 5.73 Å². The molecule has 2 aliphatic rings. The normalized spacial score (nSPS) is 19.8. The lowest BCUT2D eigenvalue weighted by atomic mass is 9.94. The second kappa shape index (κ2) is 9.65. The molecule has 34 heavy (non-hydrogen) atoms. The highest BCUT2D eigenvalue weighted by Crippen LogP contribution is 2.50. The number of amides is 4. The van der Waals surface area contributed by atoms with E-state index in [2.05, 4.69) is 10.2 Å². The molecule has 9 nitrogen and oxygen atoms in total. The van der Waals surface area contributed by atoms with Crippen molar-refractivity contribution in [3.63, 3.8) is 0 Å². The molecule has 1 saturated heterocycles. The number of nitrogens with two attached hydrogens (primary N) is 1. The third-order valence-corrected chi connectivity index (χ3v) is 5.81. The Balaban J connectivity index is 1.73. The first-order chi connectivity index (χ1) is 15.8. The van der Waals surface area contributed by atoms with Crippen molar-refractivity contribution < 1.29 is 41.5 Å². The lowest BCUT2D eigenvalue weighted by Crippen LogP contribution is -2.57. The average Bonchev–Trinajstić information content (AvgIpc) is 3.40. The van der Waals surface area contributed by atoms with Crippen molar-refractivity contribution >= 4 is 35.2 Å². The van der Waals surface area contributed by atoms with Crippen LogP contribution >= 0.6 is 11.6 Å². The van der Waals surface area contributed by atoms with E-state index in [-0.39, 0.29) is 13.0 Å². The number of nitrogens with zero attached hydrogens (tertiary/aromatic N) is 2. The summed E-state index contributed by atoms with van der Waals surface area (Å²) in [6, 6.07) is 3.93. The Morgan fingerprint density at radius 2 is 1.85 bits per heavy atom. The molecule has 0 unspecified atom stereocenters. The Labute approximate surface area is 196 Å². The topological polar surface area (TPSA) is 122 Å². The van der Waals surface area contributed by atoms with E-state index < -0.39 is 59.4 Å². The lowest BCUT2D eigenvalue weighted by molar-refractivity contribution is -0.274. The molecule has 1 aliphatic carbocycles. The number of carbonyl (C=O) groups is 4. The summed E-state index contributed by atoms with van der Waals surface area (Å²) >= 11 is 5.11. The number of hydrogen-bond acceptors (Lipinski definition) is 5. The van der Waals surface area contributed by atoms with Crippen LogP contribution in [0.1, 0.15) is 31.2 Å². The van der Waals surface area contributed by atoms with Crippen LogP contribution in [-0.4, -0.2) is 64.7 Å². The number of alkyl halides is 5. The van der Waals surface area contributed by atoms with E-state index >= 15 is 0 Å². The molecule has 4 amide bonds. The number of benzene rings is 1. The predicted octanol–water partition coefficient (Wildman–Crippen LogP) is 1.49. The molecule has 2 fully saturated rings. The number of primary amides is 1. The van der Waals surface area contributed by atoms with Crippen LogP contribution in [0.3, 0.4) is 0 Å². The SMILES string of the molecule is NC(=O)CN(NC(=O)[C@@H]1CCCN1C(=O)C1(c2ccc(OC(F)(F)F)cc2)CC1)C(=O)[C@H](F)Cl. The van der Waals surface area contributed by atoms with Crippen LogP contribution in [0.15, 0.2) is 24.3 Å². The molecule has 0 aromatic heterocycles. The molecule has 2 atom stereocenters. The van der Waals surface area contributed by atoms with Crippen molar-refractivity contribution in [1.82, 2.24) is 15.3 Å². The number of rotatable bonds is 7. The van der Waals surface area contributed by atoms with Crippen LogP contribution in [0.5, 0.6) is 5.75 Å². The van der Waals surface area contributed by atoms with E-state index in [1.807, 2.05) is 0 Å². The Kier molecular flexibility index (Phi) is 7.24. The maximum Gasteiger partial charge on any atom is 0.573 e. The maximum absolute atomic E-state index is 13.4. The van der Waals surface area contributed by atoms with Crippen molar-refractivity contribution in [3.8, 4) is 5.75 Å². The molecule has 0 radical (unpaired) electrons. The number of hydrogen-bond donors (Lipinski definition) is 2. The van der Waals surface area contributed by atoms with Gasteiger partial charge in [0.1, 0.15) is 18.3 Å². The van der Waals surface area contributed by atoms with E-state index in [4.69, 9.17) is 17.3 Å². The summed E-state index contributed by atoms with van der Waals surface area (Å²) in [7, 11) is 0. The minimum absolute atomic E-state index is 0.221. The second-order valence-corrected chi connectivity index (χ2v) is 8.36. The van der Waals surface area contributed by atoms with Gasteiger partial charge in [0.05, 0.1) is 5.41 Å². The molecule has 186 valence electrons. The largest absolute Gasteiger partial charge is 0.573 e. The summed E-state index contributed by atoms with van der Waals surface area (Å²) in [5, 5.41) is 0.357. The molecule has 14 heteroatoms. The van der Waals surface area contributed by atoms with Gasteiger partial charge in [-0.1, -0.05) is 23.7 Å². The van der Waals surface area contributed by atoms with Gasteiger partial charge in [0.15, 0.2) is 0 Å². The predicted molar refractivity (Wildman–Crippen MR) is 109 cm³/mol. The van der Waals surface area contributed by atoms with Crippen LogP contribution in [0.2, 0.25) is 0 Å². The minimum atomic E-state index is -4.85. The van der Waals surface area contributed by atoms with Crippen molar-refractivity contribution in [3.05, 3.63) is 29.8 Å². The highest BCUT2D eigenvalue weighted by atomic mass is 35.5. The van der Waals surface area contributed by atoms with Gasteiger partial charge in [0.2, 0.25) is 11.8 Å². The highest BCUT2D eigenvalue weighted by Gasteiger charge is 2.55. The summed E-state index contributed by atoms with van der Waals surface area (Å²) < 4.78 is 54.3. The van der Waals surface area contributed by atoms with E-state index in [1.165, 1.54) is 17.0 Å². The van der Waals surface area contributed by atoms with E-state index in [9.17, 15) is 36.7 Å². The fourth-order valence-electron chi connectivity index (χ4n) is 3.94. The molecule has 0 spiro atoms. The van der Waals surface area contributed by atoms with Crippen LogP contribution in [0.25, 0.3) is 0 Å². The van der Waals surface area contributed by atoms with Gasteiger partial charge >= 0.3 is 6.36 Å². The van der Waals surface area contributed by atoms with Crippen LogP contribution in [0.4, 0.5) is 17.6 Å². The summed E-state index contributed by atoms with van der Waals surface area (Å²) in [5.74, 6) is -4.09. The standard InChI is InChI=1S/C20H21ClF4N4O5/c21-15(22)17(32)29(10-14(26)30)27-16(31)13-2-1-9-28(13)18(33)19(7-8-19)11-3-5-12(6-4-11)34-20(23,24)25/h3-6,13,15H,1-2,7-10H2,(H2,26,30)(H,27,31)/t13-,15-/m0/s1. The number of hydrazine groups is 1. The fraction of sp³-hybridized carbons (Fsp3) is 0.500. The zero-order valence-corrected chi connectivity index (χ0v) is 18.4. The molecule has 3 N–H and O–H groups in total. The molecule has 0 bridgehead atoms. The molecular weight excluding hydrogens is 488 g/mol. The van der Waals surface area contributed by atoms with Gasteiger partial charge in [0, 0.05) is 6.54 Å². The van der Waals surface area contributed by atoms with Gasteiger partial charge in [-0.05, 0) is 43.4 Å². The molecule has 1 heterocycles. The fourth-order valence-corrected chi connectivity index (χ4v) is 4.06. The Hall–Kier alpha value is -3.09. The monoisotopic (exact) mass is 508 g/mol. The molecule has 1 saturated carbocycles. The number of ether oxygens (including phenoxy) is 1. The molecular formula is C20H21ClF4N4O5. The third kappa shape index (κ3) is 5.69. The van der Waals surface area contributed by atoms with Gasteiger partial charge in [-0.25, -0.2) is 9.40 Å². The molecule has 1 aliphatic heterocycles. The lowest BCUT2D eigenvalue weighted by Gasteiger charge is -2.30. The number of nitrogens with one attached hydrogen (secondary N) is 1. The first-order valence-corrected chi connectivity index (χ1v) is 10.6. The third-order valence-electron chi connectivity index (χ3n) is 5.63. The zero-order chi connectivity index (χ0) is 25.3.